The van der Waals surface area contributed by atoms with E-state index in [-0.39, 0.29) is 6.03 Å². The lowest BCUT2D eigenvalue weighted by atomic mass is 10.1. The Morgan fingerprint density at radius 3 is 2.41 bits per heavy atom. The number of hydrogen-bond acceptors (Lipinski definition) is 3. The van der Waals surface area contributed by atoms with Gasteiger partial charge in [0.05, 0.1) is 0 Å². The predicted molar refractivity (Wildman–Crippen MR) is 113 cm³/mol. The lowest BCUT2D eigenvalue weighted by molar-refractivity contribution is 0.194. The highest BCUT2D eigenvalue weighted by Gasteiger charge is 2.22. The molecule has 0 radical (unpaired) electrons. The van der Waals surface area contributed by atoms with Gasteiger partial charge in [-0.3, -0.25) is 0 Å². The molecule has 1 N–H and O–H groups in total. The van der Waals surface area contributed by atoms with Crippen molar-refractivity contribution in [2.45, 2.75) is 13.8 Å². The second-order valence-electron chi connectivity index (χ2n) is 7.18. The number of anilines is 2. The number of piperazine rings is 1. The Morgan fingerprint density at radius 2 is 1.70 bits per heavy atom. The lowest BCUT2D eigenvalue weighted by Crippen LogP contribution is -2.52. The van der Waals surface area contributed by atoms with Gasteiger partial charge in [0, 0.05) is 57.7 Å². The van der Waals surface area contributed by atoms with E-state index in [4.69, 9.17) is 0 Å². The van der Waals surface area contributed by atoms with Gasteiger partial charge in [-0.05, 0) is 43.2 Å². The first-order chi connectivity index (χ1) is 13.1. The molecule has 1 heterocycles. The molecule has 27 heavy (non-hydrogen) atoms. The van der Waals surface area contributed by atoms with Gasteiger partial charge in [-0.15, -0.1) is 0 Å². The minimum absolute atomic E-state index is 0.0390. The summed E-state index contributed by atoms with van der Waals surface area (Å²) >= 11 is 0. The molecule has 1 aliphatic rings. The second kappa shape index (κ2) is 8.80. The fraction of sp³-hybridized carbons (Fsp3) is 0.409. The SMILES string of the molecule is Cc1cccc(N2CCN(C(=O)NCCN(C)c3ccccc3)CC2)c1C. The Labute approximate surface area is 162 Å². The van der Waals surface area contributed by atoms with Gasteiger partial charge in [0.15, 0.2) is 0 Å². The highest BCUT2D eigenvalue weighted by Crippen LogP contribution is 2.23. The molecular weight excluding hydrogens is 336 g/mol. The molecule has 2 amide bonds. The highest BCUT2D eigenvalue weighted by atomic mass is 16.2. The summed E-state index contributed by atoms with van der Waals surface area (Å²) in [7, 11) is 2.05. The maximum Gasteiger partial charge on any atom is 0.317 e. The number of carbonyl (C=O) groups excluding carboxylic acids is 1. The molecule has 2 aromatic rings. The van der Waals surface area contributed by atoms with E-state index in [1.807, 2.05) is 30.1 Å². The number of nitrogens with one attached hydrogen (secondary N) is 1. The first kappa shape index (κ1) is 19.1. The number of para-hydroxylation sites is 1. The van der Waals surface area contributed by atoms with Gasteiger partial charge in [0.2, 0.25) is 0 Å². The average Bonchev–Trinajstić information content (AvgIpc) is 2.70. The highest BCUT2D eigenvalue weighted by molar-refractivity contribution is 5.74. The minimum Gasteiger partial charge on any atom is -0.373 e. The van der Waals surface area contributed by atoms with Gasteiger partial charge < -0.3 is 20.0 Å². The molecule has 1 saturated heterocycles. The summed E-state index contributed by atoms with van der Waals surface area (Å²) in [4.78, 5) is 18.9. The largest absolute Gasteiger partial charge is 0.373 e. The summed E-state index contributed by atoms with van der Waals surface area (Å²) in [5.41, 5.74) is 5.10. The number of hydrogen-bond donors (Lipinski definition) is 1. The van der Waals surface area contributed by atoms with Crippen molar-refractivity contribution >= 4 is 17.4 Å². The van der Waals surface area contributed by atoms with Crippen LogP contribution in [0.25, 0.3) is 0 Å². The van der Waals surface area contributed by atoms with Crippen LogP contribution >= 0.6 is 0 Å². The van der Waals surface area contributed by atoms with E-state index in [9.17, 15) is 4.79 Å². The number of likely N-dealkylation sites (N-methyl/N-ethyl adjacent to an activating group) is 1. The van der Waals surface area contributed by atoms with Crippen LogP contribution < -0.4 is 15.1 Å². The fourth-order valence-corrected chi connectivity index (χ4v) is 3.48. The van der Waals surface area contributed by atoms with Crippen LogP contribution in [0.4, 0.5) is 16.2 Å². The summed E-state index contributed by atoms with van der Waals surface area (Å²) in [5, 5.41) is 3.05. The molecule has 1 fully saturated rings. The Balaban J connectivity index is 1.44. The smallest absolute Gasteiger partial charge is 0.317 e. The van der Waals surface area contributed by atoms with Crippen LogP contribution in [0.3, 0.4) is 0 Å². The Morgan fingerprint density at radius 1 is 1.00 bits per heavy atom. The molecule has 0 spiro atoms. The van der Waals surface area contributed by atoms with Crippen LogP contribution in [0.15, 0.2) is 48.5 Å². The van der Waals surface area contributed by atoms with Crippen molar-refractivity contribution in [1.29, 1.82) is 0 Å². The molecule has 0 saturated carbocycles. The fourth-order valence-electron chi connectivity index (χ4n) is 3.48. The third-order valence-electron chi connectivity index (χ3n) is 5.40. The molecular formula is C22H30N4O. The normalized spacial score (nSPS) is 14.2. The third-order valence-corrected chi connectivity index (χ3v) is 5.40. The van der Waals surface area contributed by atoms with E-state index in [0.29, 0.717) is 6.54 Å². The van der Waals surface area contributed by atoms with Gasteiger partial charge >= 0.3 is 6.03 Å². The summed E-state index contributed by atoms with van der Waals surface area (Å²) < 4.78 is 0. The summed E-state index contributed by atoms with van der Waals surface area (Å²) in [6.45, 7) is 9.02. The van der Waals surface area contributed by atoms with Crippen molar-refractivity contribution in [3.8, 4) is 0 Å². The van der Waals surface area contributed by atoms with E-state index < -0.39 is 0 Å². The van der Waals surface area contributed by atoms with E-state index >= 15 is 0 Å². The number of aryl methyl sites for hydroxylation is 1. The van der Waals surface area contributed by atoms with Crippen molar-refractivity contribution in [3.63, 3.8) is 0 Å². The maximum atomic E-state index is 12.5. The Kier molecular flexibility index (Phi) is 6.22. The zero-order valence-corrected chi connectivity index (χ0v) is 16.6. The van der Waals surface area contributed by atoms with Crippen molar-refractivity contribution in [3.05, 3.63) is 59.7 Å². The van der Waals surface area contributed by atoms with Crippen LogP contribution in [0.1, 0.15) is 11.1 Å². The van der Waals surface area contributed by atoms with Gasteiger partial charge in [-0.1, -0.05) is 30.3 Å². The van der Waals surface area contributed by atoms with Gasteiger partial charge in [-0.25, -0.2) is 4.79 Å². The maximum absolute atomic E-state index is 12.5. The van der Waals surface area contributed by atoms with E-state index in [0.717, 1.165) is 38.4 Å². The number of rotatable bonds is 5. The summed E-state index contributed by atoms with van der Waals surface area (Å²) in [6.07, 6.45) is 0. The number of urea groups is 1. The van der Waals surface area contributed by atoms with Gasteiger partial charge in [0.1, 0.15) is 0 Å². The molecule has 3 rings (SSSR count). The topological polar surface area (TPSA) is 38.8 Å². The zero-order chi connectivity index (χ0) is 19.2. The van der Waals surface area contributed by atoms with Crippen molar-refractivity contribution in [1.82, 2.24) is 10.2 Å². The number of nitrogens with zero attached hydrogens (tertiary/aromatic N) is 3. The molecule has 0 aromatic heterocycles. The first-order valence-electron chi connectivity index (χ1n) is 9.66. The van der Waals surface area contributed by atoms with E-state index in [1.165, 1.54) is 16.8 Å². The van der Waals surface area contributed by atoms with Crippen molar-refractivity contribution in [2.75, 3.05) is 56.1 Å². The van der Waals surface area contributed by atoms with Crippen LogP contribution in [-0.2, 0) is 0 Å². The van der Waals surface area contributed by atoms with Crippen LogP contribution in [0, 0.1) is 13.8 Å². The van der Waals surface area contributed by atoms with E-state index in [1.54, 1.807) is 0 Å². The molecule has 0 atom stereocenters. The molecule has 0 bridgehead atoms. The lowest BCUT2D eigenvalue weighted by Gasteiger charge is -2.37. The molecule has 1 aliphatic heterocycles. The molecule has 144 valence electrons. The number of amides is 2. The summed E-state index contributed by atoms with van der Waals surface area (Å²) in [5.74, 6) is 0. The summed E-state index contributed by atoms with van der Waals surface area (Å²) in [6, 6.07) is 16.7. The molecule has 2 aromatic carbocycles. The molecule has 5 heteroatoms. The quantitative estimate of drug-likeness (QED) is 0.883. The van der Waals surface area contributed by atoms with Crippen molar-refractivity contribution < 1.29 is 4.79 Å². The monoisotopic (exact) mass is 366 g/mol. The Hall–Kier alpha value is -2.69. The Bertz CT molecular complexity index is 754. The molecule has 0 aliphatic carbocycles. The van der Waals surface area contributed by atoms with Crippen LogP contribution in [0.2, 0.25) is 0 Å². The van der Waals surface area contributed by atoms with Crippen LogP contribution in [-0.4, -0.2) is 57.2 Å². The zero-order valence-electron chi connectivity index (χ0n) is 16.6. The second-order valence-corrected chi connectivity index (χ2v) is 7.18. The third kappa shape index (κ3) is 4.73. The molecule has 5 nitrogen and oxygen atoms in total. The van der Waals surface area contributed by atoms with E-state index in [2.05, 4.69) is 59.3 Å². The van der Waals surface area contributed by atoms with Gasteiger partial charge in [-0.2, -0.15) is 0 Å². The minimum atomic E-state index is 0.0390. The number of carbonyl (C=O) groups is 1. The van der Waals surface area contributed by atoms with Crippen LogP contribution in [0.5, 0.6) is 0 Å². The average molecular weight is 367 g/mol. The molecule has 0 unspecified atom stereocenters. The van der Waals surface area contributed by atoms with Crippen molar-refractivity contribution in [2.24, 2.45) is 0 Å². The standard InChI is InChI=1S/C22H30N4O/c1-18-8-7-11-21(19(18)2)25-14-16-26(17-15-25)22(27)23-12-13-24(3)20-9-5-4-6-10-20/h4-11H,12-17H2,1-3H3,(H,23,27). The van der Waals surface area contributed by atoms with Gasteiger partial charge in [0.25, 0.3) is 0 Å². The number of benzene rings is 2. The first-order valence-corrected chi connectivity index (χ1v) is 9.66. The predicted octanol–water partition coefficient (Wildman–Crippen LogP) is 3.27.